The van der Waals surface area contributed by atoms with Crippen molar-refractivity contribution in [3.05, 3.63) is 0 Å². The zero-order chi connectivity index (χ0) is 16.5. The van der Waals surface area contributed by atoms with E-state index in [1.807, 2.05) is 6.92 Å². The Kier molecular flexibility index (Phi) is 9.03. The first-order valence-corrected chi connectivity index (χ1v) is 8.92. The number of hydrogen-bond acceptors (Lipinski definition) is 4. The summed E-state index contributed by atoms with van der Waals surface area (Å²) in [5.74, 6) is 1.10. The van der Waals surface area contributed by atoms with Gasteiger partial charge in [0, 0.05) is 6.42 Å². The molecule has 5 atom stereocenters. The van der Waals surface area contributed by atoms with Crippen LogP contribution in [-0.2, 0) is 9.53 Å². The Hall–Kier alpha value is -0.610. The molecule has 0 unspecified atom stereocenters. The van der Waals surface area contributed by atoms with E-state index in [4.69, 9.17) is 4.74 Å². The molecule has 1 aliphatic rings. The van der Waals surface area contributed by atoms with E-state index in [9.17, 15) is 15.0 Å². The molecule has 2 N–H and O–H groups in total. The van der Waals surface area contributed by atoms with Crippen LogP contribution in [0.4, 0.5) is 0 Å². The largest absolute Gasteiger partial charge is 0.462 e. The summed E-state index contributed by atoms with van der Waals surface area (Å²) in [6.07, 6.45) is 7.42. The molecule has 1 rings (SSSR count). The molecule has 0 aromatic rings. The van der Waals surface area contributed by atoms with Gasteiger partial charge in [0.1, 0.15) is 6.10 Å². The van der Waals surface area contributed by atoms with Crippen LogP contribution >= 0.6 is 0 Å². The monoisotopic (exact) mass is 314 g/mol. The molecule has 1 saturated heterocycles. The van der Waals surface area contributed by atoms with Crippen LogP contribution in [0.25, 0.3) is 0 Å². The van der Waals surface area contributed by atoms with Gasteiger partial charge in [-0.2, -0.15) is 0 Å². The van der Waals surface area contributed by atoms with Gasteiger partial charge in [0.25, 0.3) is 0 Å². The lowest BCUT2D eigenvalue weighted by molar-refractivity contribution is -0.160. The number of carbonyl (C=O) groups is 1. The van der Waals surface area contributed by atoms with Crippen LogP contribution in [0.5, 0.6) is 0 Å². The second kappa shape index (κ2) is 10.2. The smallest absolute Gasteiger partial charge is 0.308 e. The summed E-state index contributed by atoms with van der Waals surface area (Å²) >= 11 is 0. The fraction of sp³-hybridized carbons (Fsp3) is 0.944. The molecule has 4 nitrogen and oxygen atoms in total. The fourth-order valence-electron chi connectivity index (χ4n) is 3.35. The van der Waals surface area contributed by atoms with Gasteiger partial charge in [0.05, 0.1) is 18.6 Å². The van der Waals surface area contributed by atoms with Crippen molar-refractivity contribution in [3.63, 3.8) is 0 Å². The van der Waals surface area contributed by atoms with Gasteiger partial charge in [-0.25, -0.2) is 0 Å². The average Bonchev–Trinajstić information content (AvgIpc) is 2.40. The number of unbranched alkanes of at least 4 members (excludes halogenated alkanes) is 1. The second-order valence-electron chi connectivity index (χ2n) is 7.36. The van der Waals surface area contributed by atoms with E-state index in [1.165, 1.54) is 12.8 Å². The van der Waals surface area contributed by atoms with Gasteiger partial charge in [0.2, 0.25) is 0 Å². The molecule has 1 fully saturated rings. The Morgan fingerprint density at radius 3 is 2.45 bits per heavy atom. The molecular formula is C18H34O4. The standard InChI is InChI=1S/C18H34O4/c1-13(10-14(2)8-9-15(3)19)6-4-5-7-17-11-16(20)12-18(21)22-17/h13-17,19-20H,4-12H2,1-3H3/t13-,14+,15-,16-,17-/m1/s1. The van der Waals surface area contributed by atoms with E-state index in [0.29, 0.717) is 18.3 Å². The lowest BCUT2D eigenvalue weighted by Crippen LogP contribution is -2.32. The van der Waals surface area contributed by atoms with E-state index in [-0.39, 0.29) is 24.6 Å². The summed E-state index contributed by atoms with van der Waals surface area (Å²) in [5, 5.41) is 18.9. The quantitative estimate of drug-likeness (QED) is 0.479. The van der Waals surface area contributed by atoms with E-state index in [2.05, 4.69) is 13.8 Å². The zero-order valence-corrected chi connectivity index (χ0v) is 14.5. The van der Waals surface area contributed by atoms with Crippen LogP contribution in [0.2, 0.25) is 0 Å². The molecule has 0 aromatic carbocycles. The summed E-state index contributed by atoms with van der Waals surface area (Å²) in [4.78, 5) is 11.3. The number of rotatable bonds is 10. The number of carbonyl (C=O) groups excluding carboxylic acids is 1. The van der Waals surface area contributed by atoms with Crippen LogP contribution < -0.4 is 0 Å². The molecule has 0 radical (unpaired) electrons. The summed E-state index contributed by atoms with van der Waals surface area (Å²) in [7, 11) is 0. The first-order valence-electron chi connectivity index (χ1n) is 8.92. The Morgan fingerprint density at radius 1 is 1.14 bits per heavy atom. The number of ether oxygens (including phenoxy) is 1. The van der Waals surface area contributed by atoms with Gasteiger partial charge in [-0.1, -0.05) is 26.7 Å². The van der Waals surface area contributed by atoms with E-state index in [0.717, 1.165) is 32.1 Å². The molecule has 0 spiro atoms. The highest BCUT2D eigenvalue weighted by molar-refractivity contribution is 5.70. The molecule has 1 aliphatic heterocycles. The van der Waals surface area contributed by atoms with Crippen LogP contribution in [0.3, 0.4) is 0 Å². The number of aliphatic hydroxyl groups is 2. The molecule has 0 aliphatic carbocycles. The second-order valence-corrected chi connectivity index (χ2v) is 7.36. The minimum atomic E-state index is -0.514. The van der Waals surface area contributed by atoms with Crippen molar-refractivity contribution in [2.75, 3.05) is 0 Å². The van der Waals surface area contributed by atoms with Gasteiger partial charge in [-0.05, 0) is 50.9 Å². The Balaban J connectivity index is 2.07. The van der Waals surface area contributed by atoms with Gasteiger partial charge in [0.15, 0.2) is 0 Å². The predicted octanol–water partition coefficient (Wildman–Crippen LogP) is 3.44. The van der Waals surface area contributed by atoms with E-state index in [1.54, 1.807) is 0 Å². The number of aliphatic hydroxyl groups excluding tert-OH is 2. The highest BCUT2D eigenvalue weighted by Crippen LogP contribution is 2.24. The number of cyclic esters (lactones) is 1. The predicted molar refractivity (Wildman–Crippen MR) is 87.4 cm³/mol. The SMILES string of the molecule is C[C@H](CCCC[C@@H]1C[C@@H](O)CC(=O)O1)C[C@@H](C)CC[C@@H](C)O. The molecule has 1 heterocycles. The first kappa shape index (κ1) is 19.4. The third-order valence-corrected chi connectivity index (χ3v) is 4.59. The summed E-state index contributed by atoms with van der Waals surface area (Å²) in [6, 6.07) is 0. The van der Waals surface area contributed by atoms with Gasteiger partial charge in [-0.15, -0.1) is 0 Å². The number of esters is 1. The molecule has 22 heavy (non-hydrogen) atoms. The highest BCUT2D eigenvalue weighted by atomic mass is 16.5. The summed E-state index contributed by atoms with van der Waals surface area (Å²) in [6.45, 7) is 6.41. The molecule has 0 saturated carbocycles. The van der Waals surface area contributed by atoms with Gasteiger partial charge < -0.3 is 14.9 Å². The Morgan fingerprint density at radius 2 is 1.82 bits per heavy atom. The van der Waals surface area contributed by atoms with Crippen molar-refractivity contribution in [1.82, 2.24) is 0 Å². The highest BCUT2D eigenvalue weighted by Gasteiger charge is 2.26. The van der Waals surface area contributed by atoms with Gasteiger partial charge in [-0.3, -0.25) is 4.79 Å². The van der Waals surface area contributed by atoms with Crippen molar-refractivity contribution in [3.8, 4) is 0 Å². The van der Waals surface area contributed by atoms with Crippen LogP contribution in [-0.4, -0.2) is 34.5 Å². The Bertz CT molecular complexity index is 316. The third kappa shape index (κ3) is 8.74. The summed E-state index contributed by atoms with van der Waals surface area (Å²) < 4.78 is 5.26. The maximum Gasteiger partial charge on any atom is 0.308 e. The van der Waals surface area contributed by atoms with Crippen LogP contribution in [0.1, 0.15) is 78.6 Å². The summed E-state index contributed by atoms with van der Waals surface area (Å²) in [5.41, 5.74) is 0. The fourth-order valence-corrected chi connectivity index (χ4v) is 3.35. The third-order valence-electron chi connectivity index (χ3n) is 4.59. The molecule has 130 valence electrons. The van der Waals surface area contributed by atoms with Crippen LogP contribution in [0, 0.1) is 11.8 Å². The van der Waals surface area contributed by atoms with Crippen molar-refractivity contribution in [2.45, 2.75) is 96.9 Å². The van der Waals surface area contributed by atoms with Crippen molar-refractivity contribution >= 4 is 5.97 Å². The first-order chi connectivity index (χ1) is 10.4. The maximum atomic E-state index is 11.3. The van der Waals surface area contributed by atoms with Crippen molar-refractivity contribution in [1.29, 1.82) is 0 Å². The van der Waals surface area contributed by atoms with Gasteiger partial charge >= 0.3 is 5.97 Å². The Labute approximate surface area is 135 Å². The maximum absolute atomic E-state index is 11.3. The lowest BCUT2D eigenvalue weighted by atomic mass is 9.89. The zero-order valence-electron chi connectivity index (χ0n) is 14.5. The normalized spacial score (nSPS) is 26.3. The minimum Gasteiger partial charge on any atom is -0.462 e. The topological polar surface area (TPSA) is 66.8 Å². The van der Waals surface area contributed by atoms with Crippen LogP contribution in [0.15, 0.2) is 0 Å². The number of hydrogen-bond donors (Lipinski definition) is 2. The van der Waals surface area contributed by atoms with Crippen molar-refractivity contribution in [2.24, 2.45) is 11.8 Å². The average molecular weight is 314 g/mol. The minimum absolute atomic E-state index is 0.0866. The molecule has 4 heteroatoms. The van der Waals surface area contributed by atoms with E-state index < -0.39 is 6.10 Å². The van der Waals surface area contributed by atoms with Crippen molar-refractivity contribution < 1.29 is 19.7 Å². The van der Waals surface area contributed by atoms with E-state index >= 15 is 0 Å². The molecular weight excluding hydrogens is 280 g/mol. The molecule has 0 amide bonds. The lowest BCUT2D eigenvalue weighted by Gasteiger charge is -2.26. The molecule has 0 aromatic heterocycles. The molecule has 0 bridgehead atoms.